The first-order valence-corrected chi connectivity index (χ1v) is 8.62. The summed E-state index contributed by atoms with van der Waals surface area (Å²) in [5, 5.41) is 6.94. The van der Waals surface area contributed by atoms with Gasteiger partial charge in [0.15, 0.2) is 0 Å². The number of oxime groups is 1. The molecule has 4 rings (SSSR count). The van der Waals surface area contributed by atoms with E-state index in [-0.39, 0.29) is 11.8 Å². The van der Waals surface area contributed by atoms with E-state index in [9.17, 15) is 9.59 Å². The minimum absolute atomic E-state index is 0.0329. The number of hydrogen-bond donors (Lipinski definition) is 1. The number of nitrogens with one attached hydrogen (secondary N) is 1. The molecule has 0 saturated carbocycles. The van der Waals surface area contributed by atoms with Crippen LogP contribution in [0.2, 0.25) is 0 Å². The minimum Gasteiger partial charge on any atom is -0.382 e. The summed E-state index contributed by atoms with van der Waals surface area (Å²) < 4.78 is 0. The first kappa shape index (κ1) is 16.3. The van der Waals surface area contributed by atoms with Crippen molar-refractivity contribution >= 4 is 28.9 Å². The Morgan fingerprint density at radius 3 is 2.77 bits per heavy atom. The van der Waals surface area contributed by atoms with Gasteiger partial charge in [0.1, 0.15) is 0 Å². The van der Waals surface area contributed by atoms with Crippen LogP contribution in [0.25, 0.3) is 0 Å². The Hall–Kier alpha value is -3.15. The third-order valence-electron chi connectivity index (χ3n) is 4.69. The number of anilines is 2. The summed E-state index contributed by atoms with van der Waals surface area (Å²) >= 11 is 0. The Morgan fingerprint density at radius 2 is 2.00 bits per heavy atom. The molecule has 2 aromatic rings. The molecule has 0 bridgehead atoms. The summed E-state index contributed by atoms with van der Waals surface area (Å²) in [6.45, 7) is 2.24. The van der Waals surface area contributed by atoms with Gasteiger partial charge >= 0.3 is 0 Å². The van der Waals surface area contributed by atoms with Crippen molar-refractivity contribution in [1.82, 2.24) is 0 Å². The molecule has 0 fully saturated rings. The van der Waals surface area contributed by atoms with Gasteiger partial charge in [-0.2, -0.15) is 0 Å². The van der Waals surface area contributed by atoms with Crippen LogP contribution in [0.4, 0.5) is 11.4 Å². The molecule has 2 amide bonds. The molecule has 132 valence electrons. The quantitative estimate of drug-likeness (QED) is 0.926. The van der Waals surface area contributed by atoms with Gasteiger partial charge in [-0.1, -0.05) is 35.5 Å². The highest BCUT2D eigenvalue weighted by Gasteiger charge is 2.29. The zero-order valence-corrected chi connectivity index (χ0v) is 14.4. The average Bonchev–Trinajstić information content (AvgIpc) is 3.29. The lowest BCUT2D eigenvalue weighted by atomic mass is 10.0. The van der Waals surface area contributed by atoms with E-state index in [2.05, 4.69) is 10.5 Å². The first-order valence-electron chi connectivity index (χ1n) is 8.62. The predicted octanol–water partition coefficient (Wildman–Crippen LogP) is 2.73. The smallest absolute Gasteiger partial charge is 0.268 e. The zero-order valence-electron chi connectivity index (χ0n) is 14.4. The molecule has 26 heavy (non-hydrogen) atoms. The van der Waals surface area contributed by atoms with Crippen LogP contribution in [0.1, 0.15) is 24.5 Å². The van der Waals surface area contributed by atoms with Crippen LogP contribution in [-0.4, -0.2) is 30.2 Å². The van der Waals surface area contributed by atoms with E-state index in [1.807, 2.05) is 48.5 Å². The monoisotopic (exact) mass is 349 g/mol. The Balaban J connectivity index is 1.41. The number of nitrogens with zero attached hydrogens (tertiary/aromatic N) is 2. The number of carbonyl (C=O) groups is 2. The van der Waals surface area contributed by atoms with E-state index in [0.717, 1.165) is 28.9 Å². The maximum Gasteiger partial charge on any atom is 0.268 e. The Labute approximate surface area is 151 Å². The van der Waals surface area contributed by atoms with Gasteiger partial charge in [-0.15, -0.1) is 0 Å². The van der Waals surface area contributed by atoms with Gasteiger partial charge in [-0.3, -0.25) is 9.59 Å². The molecule has 2 aromatic carbocycles. The topological polar surface area (TPSA) is 71.0 Å². The number of hydrogen-bond acceptors (Lipinski definition) is 4. The number of carbonyl (C=O) groups excluding carboxylic acids is 2. The van der Waals surface area contributed by atoms with E-state index in [1.165, 1.54) is 0 Å². The normalized spacial score (nSPS) is 18.1. The summed E-state index contributed by atoms with van der Waals surface area (Å²) in [5.74, 6) is -0.188. The summed E-state index contributed by atoms with van der Waals surface area (Å²) in [5.41, 5.74) is 4.42. The summed E-state index contributed by atoms with van der Waals surface area (Å²) in [6, 6.07) is 15.3. The van der Waals surface area contributed by atoms with E-state index < -0.39 is 6.10 Å². The van der Waals surface area contributed by atoms with Gasteiger partial charge in [0.25, 0.3) is 5.91 Å². The molecule has 0 aromatic heterocycles. The van der Waals surface area contributed by atoms with Gasteiger partial charge in [-0.25, -0.2) is 0 Å². The van der Waals surface area contributed by atoms with Crippen LogP contribution in [0, 0.1) is 0 Å². The van der Waals surface area contributed by atoms with E-state index in [1.54, 1.807) is 11.8 Å². The Bertz CT molecular complexity index is 892. The molecule has 2 aliphatic rings. The second kappa shape index (κ2) is 6.63. The van der Waals surface area contributed by atoms with Gasteiger partial charge in [0.05, 0.1) is 5.71 Å². The van der Waals surface area contributed by atoms with Crippen LogP contribution in [-0.2, 0) is 20.8 Å². The van der Waals surface area contributed by atoms with Crippen molar-refractivity contribution in [2.45, 2.75) is 25.9 Å². The zero-order chi connectivity index (χ0) is 18.1. The Kier molecular flexibility index (Phi) is 4.16. The fourth-order valence-electron chi connectivity index (χ4n) is 3.35. The fourth-order valence-corrected chi connectivity index (χ4v) is 3.35. The SMILES string of the molecule is CC(=O)N1CCc2cc(NC(=O)[C@@H]3CC(c4ccccc4)=NO3)ccc21. The summed E-state index contributed by atoms with van der Waals surface area (Å²) in [6.07, 6.45) is 0.603. The molecule has 0 radical (unpaired) electrons. The third-order valence-corrected chi connectivity index (χ3v) is 4.69. The molecule has 1 N–H and O–H groups in total. The highest BCUT2D eigenvalue weighted by molar-refractivity contribution is 6.06. The van der Waals surface area contributed by atoms with Crippen molar-refractivity contribution in [3.8, 4) is 0 Å². The van der Waals surface area contributed by atoms with Crippen molar-refractivity contribution in [3.05, 3.63) is 59.7 Å². The highest BCUT2D eigenvalue weighted by atomic mass is 16.6. The molecular formula is C20H19N3O3. The summed E-state index contributed by atoms with van der Waals surface area (Å²) in [7, 11) is 0. The highest BCUT2D eigenvalue weighted by Crippen LogP contribution is 2.30. The van der Waals surface area contributed by atoms with Crippen molar-refractivity contribution in [3.63, 3.8) is 0 Å². The number of fused-ring (bicyclic) bond motifs is 1. The third kappa shape index (κ3) is 3.06. The molecule has 1 atom stereocenters. The standard InChI is InChI=1S/C20H19N3O3/c1-13(24)23-10-9-15-11-16(7-8-18(15)23)21-20(25)19-12-17(22-26-19)14-5-3-2-4-6-14/h2-8,11,19H,9-10,12H2,1H3,(H,21,25)/t19-/m0/s1. The average molecular weight is 349 g/mol. The molecular weight excluding hydrogens is 330 g/mol. The van der Waals surface area contributed by atoms with E-state index >= 15 is 0 Å². The molecule has 2 heterocycles. The maximum absolute atomic E-state index is 12.5. The molecule has 0 spiro atoms. The van der Waals surface area contributed by atoms with Crippen LogP contribution in [0.3, 0.4) is 0 Å². The lowest BCUT2D eigenvalue weighted by Crippen LogP contribution is -2.28. The number of benzene rings is 2. The predicted molar refractivity (Wildman–Crippen MR) is 99.3 cm³/mol. The lowest BCUT2D eigenvalue weighted by molar-refractivity contribution is -0.125. The van der Waals surface area contributed by atoms with Crippen LogP contribution in [0.15, 0.2) is 53.7 Å². The maximum atomic E-state index is 12.5. The number of rotatable bonds is 3. The molecule has 0 unspecified atom stereocenters. The molecule has 0 saturated heterocycles. The van der Waals surface area contributed by atoms with Crippen molar-refractivity contribution in [2.24, 2.45) is 5.16 Å². The molecule has 6 heteroatoms. The Morgan fingerprint density at radius 1 is 1.19 bits per heavy atom. The van der Waals surface area contributed by atoms with E-state index in [4.69, 9.17) is 4.84 Å². The lowest BCUT2D eigenvalue weighted by Gasteiger charge is -2.15. The van der Waals surface area contributed by atoms with Gasteiger partial charge < -0.3 is 15.1 Å². The van der Waals surface area contributed by atoms with Gasteiger partial charge in [-0.05, 0) is 35.7 Å². The van der Waals surface area contributed by atoms with Crippen LogP contribution in [0.5, 0.6) is 0 Å². The molecule has 0 aliphatic carbocycles. The minimum atomic E-state index is -0.632. The van der Waals surface area contributed by atoms with Crippen molar-refractivity contribution in [2.75, 3.05) is 16.8 Å². The van der Waals surface area contributed by atoms with Gasteiger partial charge in [0, 0.05) is 31.3 Å². The van der Waals surface area contributed by atoms with Crippen LogP contribution < -0.4 is 10.2 Å². The fraction of sp³-hybridized carbons (Fsp3) is 0.250. The van der Waals surface area contributed by atoms with E-state index in [0.29, 0.717) is 18.7 Å². The second-order valence-electron chi connectivity index (χ2n) is 6.46. The van der Waals surface area contributed by atoms with Crippen molar-refractivity contribution < 1.29 is 14.4 Å². The summed E-state index contributed by atoms with van der Waals surface area (Å²) in [4.78, 5) is 31.2. The first-order chi connectivity index (χ1) is 12.6. The number of amides is 2. The second-order valence-corrected chi connectivity index (χ2v) is 6.46. The van der Waals surface area contributed by atoms with Gasteiger partial charge in [0.2, 0.25) is 12.0 Å². The molecule has 6 nitrogen and oxygen atoms in total. The largest absolute Gasteiger partial charge is 0.382 e. The molecule has 2 aliphatic heterocycles. The van der Waals surface area contributed by atoms with Crippen molar-refractivity contribution in [1.29, 1.82) is 0 Å². The van der Waals surface area contributed by atoms with Crippen LogP contribution >= 0.6 is 0 Å².